The van der Waals surface area contributed by atoms with Crippen LogP contribution in [0.2, 0.25) is 0 Å². The number of nitrogens with one attached hydrogen (secondary N) is 1. The quantitative estimate of drug-likeness (QED) is 0.884. The van der Waals surface area contributed by atoms with E-state index < -0.39 is 0 Å². The van der Waals surface area contributed by atoms with E-state index in [9.17, 15) is 9.59 Å². The molecule has 1 aromatic heterocycles. The van der Waals surface area contributed by atoms with Gasteiger partial charge >= 0.3 is 0 Å². The van der Waals surface area contributed by atoms with E-state index >= 15 is 0 Å². The van der Waals surface area contributed by atoms with Crippen LogP contribution in [0.5, 0.6) is 0 Å². The first-order valence-corrected chi connectivity index (χ1v) is 8.03. The van der Waals surface area contributed by atoms with E-state index in [0.29, 0.717) is 18.8 Å². The van der Waals surface area contributed by atoms with Crippen LogP contribution in [0.25, 0.3) is 11.0 Å². The SMILES string of the molecule is C=CC(=O)N1CCSC(C(=O)Nc2ccc3ccoc3c2)C1. The topological polar surface area (TPSA) is 62.6 Å². The van der Waals surface area contributed by atoms with Gasteiger partial charge in [-0.25, -0.2) is 0 Å². The van der Waals surface area contributed by atoms with E-state index in [2.05, 4.69) is 11.9 Å². The van der Waals surface area contributed by atoms with Gasteiger partial charge in [-0.1, -0.05) is 6.58 Å². The van der Waals surface area contributed by atoms with Crippen molar-refractivity contribution in [3.05, 3.63) is 43.2 Å². The van der Waals surface area contributed by atoms with E-state index in [1.54, 1.807) is 29.0 Å². The Bertz CT molecular complexity index is 725. The Morgan fingerprint density at radius 1 is 1.41 bits per heavy atom. The van der Waals surface area contributed by atoms with Gasteiger partial charge in [0, 0.05) is 36.0 Å². The highest BCUT2D eigenvalue weighted by atomic mass is 32.2. The van der Waals surface area contributed by atoms with Gasteiger partial charge in [0.2, 0.25) is 11.8 Å². The van der Waals surface area contributed by atoms with Crippen molar-refractivity contribution in [3.63, 3.8) is 0 Å². The van der Waals surface area contributed by atoms with Crippen LogP contribution in [0.1, 0.15) is 0 Å². The number of furan rings is 1. The molecular weight excluding hydrogens is 300 g/mol. The van der Waals surface area contributed by atoms with E-state index in [1.807, 2.05) is 18.2 Å². The van der Waals surface area contributed by atoms with Gasteiger partial charge in [-0.3, -0.25) is 9.59 Å². The summed E-state index contributed by atoms with van der Waals surface area (Å²) in [7, 11) is 0. The third-order valence-corrected chi connectivity index (χ3v) is 4.75. The van der Waals surface area contributed by atoms with Gasteiger partial charge in [-0.15, -0.1) is 11.8 Å². The highest BCUT2D eigenvalue weighted by molar-refractivity contribution is 8.00. The van der Waals surface area contributed by atoms with Crippen LogP contribution in [0, 0.1) is 0 Å². The lowest BCUT2D eigenvalue weighted by molar-refractivity contribution is -0.126. The number of benzene rings is 1. The molecule has 2 heterocycles. The molecule has 1 N–H and O–H groups in total. The molecule has 22 heavy (non-hydrogen) atoms. The smallest absolute Gasteiger partial charge is 0.246 e. The number of fused-ring (bicyclic) bond motifs is 1. The van der Waals surface area contributed by atoms with Gasteiger partial charge in [-0.2, -0.15) is 0 Å². The Morgan fingerprint density at radius 3 is 3.09 bits per heavy atom. The summed E-state index contributed by atoms with van der Waals surface area (Å²) in [4.78, 5) is 25.7. The fourth-order valence-electron chi connectivity index (χ4n) is 2.39. The molecule has 2 aromatic rings. The summed E-state index contributed by atoms with van der Waals surface area (Å²) in [6.07, 6.45) is 2.90. The van der Waals surface area contributed by atoms with E-state index in [1.165, 1.54) is 6.08 Å². The fourth-order valence-corrected chi connectivity index (χ4v) is 3.50. The Kier molecular flexibility index (Phi) is 4.20. The number of rotatable bonds is 3. The second-order valence-electron chi connectivity index (χ2n) is 5.01. The molecule has 0 spiro atoms. The summed E-state index contributed by atoms with van der Waals surface area (Å²) in [6.45, 7) is 4.55. The second kappa shape index (κ2) is 6.27. The Balaban J connectivity index is 1.68. The Hall–Kier alpha value is -2.21. The second-order valence-corrected chi connectivity index (χ2v) is 6.32. The van der Waals surface area contributed by atoms with Crippen molar-refractivity contribution in [2.75, 3.05) is 24.2 Å². The van der Waals surface area contributed by atoms with Crippen molar-refractivity contribution < 1.29 is 14.0 Å². The first kappa shape index (κ1) is 14.7. The number of anilines is 1. The molecule has 6 heteroatoms. The summed E-state index contributed by atoms with van der Waals surface area (Å²) in [6, 6.07) is 7.41. The summed E-state index contributed by atoms with van der Waals surface area (Å²) >= 11 is 1.56. The Morgan fingerprint density at radius 2 is 2.27 bits per heavy atom. The molecule has 1 atom stereocenters. The molecular formula is C16H16N2O3S. The van der Waals surface area contributed by atoms with Crippen molar-refractivity contribution in [2.24, 2.45) is 0 Å². The van der Waals surface area contributed by atoms with Crippen molar-refractivity contribution in [1.29, 1.82) is 0 Å². The minimum atomic E-state index is -0.273. The zero-order chi connectivity index (χ0) is 15.5. The average molecular weight is 316 g/mol. The van der Waals surface area contributed by atoms with Crippen molar-refractivity contribution in [1.82, 2.24) is 4.90 Å². The van der Waals surface area contributed by atoms with Crippen LogP contribution in [0.4, 0.5) is 5.69 Å². The summed E-state index contributed by atoms with van der Waals surface area (Å²) < 4.78 is 5.33. The number of amides is 2. The highest BCUT2D eigenvalue weighted by Gasteiger charge is 2.28. The molecule has 0 saturated carbocycles. The largest absolute Gasteiger partial charge is 0.464 e. The summed E-state index contributed by atoms with van der Waals surface area (Å²) in [5.74, 6) is 0.516. The normalized spacial score (nSPS) is 18.2. The Labute approximate surface area is 132 Å². The van der Waals surface area contributed by atoms with Crippen molar-refractivity contribution in [2.45, 2.75) is 5.25 Å². The molecule has 1 saturated heterocycles. The molecule has 2 amide bonds. The monoisotopic (exact) mass is 316 g/mol. The number of hydrogen-bond donors (Lipinski definition) is 1. The van der Waals surface area contributed by atoms with E-state index in [-0.39, 0.29) is 17.1 Å². The maximum Gasteiger partial charge on any atom is 0.246 e. The number of hydrogen-bond acceptors (Lipinski definition) is 4. The molecule has 1 unspecified atom stereocenters. The number of thioether (sulfide) groups is 1. The summed E-state index contributed by atoms with van der Waals surface area (Å²) in [5.41, 5.74) is 1.43. The van der Waals surface area contributed by atoms with Crippen LogP contribution in [-0.4, -0.2) is 40.8 Å². The molecule has 1 fully saturated rings. The van der Waals surface area contributed by atoms with Crippen LogP contribution in [0.15, 0.2) is 47.6 Å². The van der Waals surface area contributed by atoms with Crippen molar-refractivity contribution >= 4 is 40.2 Å². The predicted molar refractivity (Wildman–Crippen MR) is 87.9 cm³/mol. The zero-order valence-electron chi connectivity index (χ0n) is 12.0. The van der Waals surface area contributed by atoms with Gasteiger partial charge in [0.05, 0.1) is 6.26 Å². The lowest BCUT2D eigenvalue weighted by Crippen LogP contribution is -2.45. The molecule has 1 aromatic carbocycles. The highest BCUT2D eigenvalue weighted by Crippen LogP contribution is 2.23. The first-order valence-electron chi connectivity index (χ1n) is 6.98. The van der Waals surface area contributed by atoms with Gasteiger partial charge in [0.15, 0.2) is 0 Å². The average Bonchev–Trinajstić information content (AvgIpc) is 3.02. The summed E-state index contributed by atoms with van der Waals surface area (Å²) in [5, 5.41) is 3.61. The fraction of sp³-hybridized carbons (Fsp3) is 0.250. The first-order chi connectivity index (χ1) is 10.7. The van der Waals surface area contributed by atoms with Crippen LogP contribution in [0.3, 0.4) is 0 Å². The molecule has 5 nitrogen and oxygen atoms in total. The van der Waals surface area contributed by atoms with Crippen LogP contribution in [-0.2, 0) is 9.59 Å². The van der Waals surface area contributed by atoms with Gasteiger partial charge in [-0.05, 0) is 24.3 Å². The lowest BCUT2D eigenvalue weighted by Gasteiger charge is -2.30. The third-order valence-electron chi connectivity index (χ3n) is 3.57. The molecule has 0 aliphatic carbocycles. The minimum Gasteiger partial charge on any atom is -0.464 e. The van der Waals surface area contributed by atoms with Crippen LogP contribution < -0.4 is 5.32 Å². The molecule has 1 aliphatic heterocycles. The van der Waals surface area contributed by atoms with Gasteiger partial charge in [0.25, 0.3) is 0 Å². The zero-order valence-corrected chi connectivity index (χ0v) is 12.8. The van der Waals surface area contributed by atoms with E-state index in [4.69, 9.17) is 4.42 Å². The van der Waals surface area contributed by atoms with Gasteiger partial charge < -0.3 is 14.6 Å². The lowest BCUT2D eigenvalue weighted by atomic mass is 10.2. The van der Waals surface area contributed by atoms with E-state index in [0.717, 1.165) is 16.7 Å². The molecule has 114 valence electrons. The molecule has 0 radical (unpaired) electrons. The standard InChI is InChI=1S/C16H16N2O3S/c1-2-15(19)18-6-8-22-14(10-18)16(20)17-12-4-3-11-5-7-21-13(11)9-12/h2-5,7,9,14H,1,6,8,10H2,(H,17,20). The van der Waals surface area contributed by atoms with Crippen LogP contribution >= 0.6 is 11.8 Å². The molecule has 0 bridgehead atoms. The number of carbonyl (C=O) groups is 2. The minimum absolute atomic E-state index is 0.0996. The number of carbonyl (C=O) groups excluding carboxylic acids is 2. The molecule has 3 rings (SSSR count). The maximum atomic E-state index is 12.4. The van der Waals surface area contributed by atoms with Gasteiger partial charge in [0.1, 0.15) is 10.8 Å². The van der Waals surface area contributed by atoms with Crippen molar-refractivity contribution in [3.8, 4) is 0 Å². The predicted octanol–water partition coefficient (Wildman–Crippen LogP) is 2.50. The third kappa shape index (κ3) is 3.01. The number of nitrogens with zero attached hydrogens (tertiary/aromatic N) is 1. The molecule has 1 aliphatic rings. The maximum absolute atomic E-state index is 12.4.